The van der Waals surface area contributed by atoms with Crippen LogP contribution in [0.1, 0.15) is 31.4 Å². The van der Waals surface area contributed by atoms with Crippen molar-refractivity contribution in [3.63, 3.8) is 0 Å². The molecule has 2 aromatic carbocycles. The Balaban J connectivity index is 1.60. The van der Waals surface area contributed by atoms with Crippen LogP contribution in [0.4, 0.5) is 4.39 Å². The molecule has 0 N–H and O–H groups in total. The molecule has 0 spiro atoms. The van der Waals surface area contributed by atoms with Gasteiger partial charge in [-0.25, -0.2) is 4.39 Å². The van der Waals surface area contributed by atoms with Gasteiger partial charge in [0.05, 0.1) is 29.9 Å². The fourth-order valence-corrected chi connectivity index (χ4v) is 5.08. The second-order valence-electron chi connectivity index (χ2n) is 8.25. The highest BCUT2D eigenvalue weighted by Gasteiger charge is 2.25. The number of carbonyl (C=O) groups excluding carboxylic acids is 2. The van der Waals surface area contributed by atoms with Crippen LogP contribution in [-0.4, -0.2) is 28.2 Å². The molecule has 9 heteroatoms. The number of nitrogens with zero attached hydrogens (tertiary/aromatic N) is 2. The minimum absolute atomic E-state index is 0.0824. The Hall–Kier alpha value is -3.13. The molecular weight excluding hydrogens is 522 g/mol. The molecule has 0 fully saturated rings. The van der Waals surface area contributed by atoms with E-state index in [0.717, 1.165) is 15.3 Å². The zero-order valence-electron chi connectivity index (χ0n) is 19.4. The average Bonchev–Trinajstić information content (AvgIpc) is 3.50. The van der Waals surface area contributed by atoms with Crippen LogP contribution < -0.4 is 0 Å². The van der Waals surface area contributed by atoms with Gasteiger partial charge in [0.2, 0.25) is 5.91 Å². The summed E-state index contributed by atoms with van der Waals surface area (Å²) in [5, 5.41) is 0.601. The smallest absolute Gasteiger partial charge is 0.256 e. The van der Waals surface area contributed by atoms with Gasteiger partial charge < -0.3 is 14.2 Å². The minimum atomic E-state index is -0.421. The summed E-state index contributed by atoms with van der Waals surface area (Å²) in [6.45, 7) is 2.50. The zero-order chi connectivity index (χ0) is 25.7. The Morgan fingerprint density at radius 2 is 1.72 bits per heavy atom. The number of carbonyl (C=O) groups is 2. The summed E-state index contributed by atoms with van der Waals surface area (Å²) >= 11 is 13.9. The number of benzene rings is 2. The normalized spacial score (nSPS) is 10.9. The van der Waals surface area contributed by atoms with Gasteiger partial charge >= 0.3 is 0 Å². The van der Waals surface area contributed by atoms with Crippen LogP contribution in [0.2, 0.25) is 10.0 Å². The van der Waals surface area contributed by atoms with Crippen molar-refractivity contribution in [2.75, 3.05) is 6.54 Å². The molecular formula is C27H23Cl2FN2O3S. The number of thiophene rings is 1. The maximum Gasteiger partial charge on any atom is 0.256 e. The molecule has 0 aliphatic rings. The lowest BCUT2D eigenvalue weighted by Gasteiger charge is -2.27. The minimum Gasteiger partial charge on any atom is -0.467 e. The molecule has 0 unspecified atom stereocenters. The molecule has 186 valence electrons. The zero-order valence-corrected chi connectivity index (χ0v) is 21.7. The van der Waals surface area contributed by atoms with Crippen molar-refractivity contribution in [2.45, 2.75) is 26.6 Å². The highest BCUT2D eigenvalue weighted by Crippen LogP contribution is 2.24. The number of hydrogen-bond acceptors (Lipinski definition) is 4. The average molecular weight is 545 g/mol. The molecule has 0 radical (unpaired) electrons. The van der Waals surface area contributed by atoms with Crippen molar-refractivity contribution in [1.29, 1.82) is 0 Å². The van der Waals surface area contributed by atoms with Gasteiger partial charge in [0, 0.05) is 21.3 Å². The number of rotatable bonds is 9. The predicted octanol–water partition coefficient (Wildman–Crippen LogP) is 6.97. The third kappa shape index (κ3) is 6.75. The van der Waals surface area contributed by atoms with Crippen molar-refractivity contribution in [3.05, 3.63) is 115 Å². The molecule has 0 atom stereocenters. The molecule has 0 aliphatic carbocycles. The molecule has 5 nitrogen and oxygen atoms in total. The van der Waals surface area contributed by atoms with Crippen LogP contribution in [0.25, 0.3) is 0 Å². The molecule has 4 rings (SSSR count). The van der Waals surface area contributed by atoms with Gasteiger partial charge in [0.15, 0.2) is 0 Å². The van der Waals surface area contributed by atoms with E-state index in [1.807, 2.05) is 19.1 Å². The SMILES string of the molecule is Cc1ccc(CN(Cc2ccc(F)cc2)C(=O)CN(Cc2ccco2)C(=O)c2ccc(Cl)cc2Cl)s1. The van der Waals surface area contributed by atoms with E-state index in [2.05, 4.69) is 0 Å². The first kappa shape index (κ1) is 25.9. The van der Waals surface area contributed by atoms with Gasteiger partial charge in [-0.15, -0.1) is 11.3 Å². The number of amides is 2. The van der Waals surface area contributed by atoms with Gasteiger partial charge in [-0.2, -0.15) is 0 Å². The van der Waals surface area contributed by atoms with E-state index in [-0.39, 0.29) is 41.9 Å². The van der Waals surface area contributed by atoms with Gasteiger partial charge in [0.1, 0.15) is 18.1 Å². The summed E-state index contributed by atoms with van der Waals surface area (Å²) in [6, 6.07) is 18.1. The Labute approximate surface area is 222 Å². The van der Waals surface area contributed by atoms with E-state index < -0.39 is 5.91 Å². The van der Waals surface area contributed by atoms with Crippen molar-refractivity contribution >= 4 is 46.4 Å². The summed E-state index contributed by atoms with van der Waals surface area (Å²) in [6.07, 6.45) is 1.51. The first-order chi connectivity index (χ1) is 17.3. The van der Waals surface area contributed by atoms with E-state index in [4.69, 9.17) is 27.6 Å². The molecule has 4 aromatic rings. The van der Waals surface area contributed by atoms with Crippen LogP contribution in [0.5, 0.6) is 0 Å². The second-order valence-corrected chi connectivity index (χ2v) is 10.5. The van der Waals surface area contributed by atoms with Crippen LogP contribution in [-0.2, 0) is 24.4 Å². The largest absolute Gasteiger partial charge is 0.467 e. The van der Waals surface area contributed by atoms with E-state index in [9.17, 15) is 14.0 Å². The number of aryl methyl sites for hydroxylation is 1. The molecule has 2 heterocycles. The van der Waals surface area contributed by atoms with E-state index >= 15 is 0 Å². The summed E-state index contributed by atoms with van der Waals surface area (Å²) in [5.41, 5.74) is 1.02. The van der Waals surface area contributed by atoms with Crippen molar-refractivity contribution in [2.24, 2.45) is 0 Å². The summed E-state index contributed by atoms with van der Waals surface area (Å²) in [5.74, 6) is -0.508. The second kappa shape index (κ2) is 11.7. The Morgan fingerprint density at radius 1 is 0.944 bits per heavy atom. The van der Waals surface area contributed by atoms with Gasteiger partial charge in [-0.05, 0) is 67.1 Å². The molecule has 0 bridgehead atoms. The third-order valence-corrected chi connectivity index (χ3v) is 7.02. The predicted molar refractivity (Wildman–Crippen MR) is 140 cm³/mol. The van der Waals surface area contributed by atoms with Crippen LogP contribution >= 0.6 is 34.5 Å². The monoisotopic (exact) mass is 544 g/mol. The lowest BCUT2D eigenvalue weighted by molar-refractivity contribution is -0.133. The van der Waals surface area contributed by atoms with Crippen LogP contribution in [0, 0.1) is 12.7 Å². The number of furan rings is 1. The molecule has 2 aromatic heterocycles. The van der Waals surface area contributed by atoms with Gasteiger partial charge in [-0.1, -0.05) is 35.3 Å². The van der Waals surface area contributed by atoms with E-state index in [1.165, 1.54) is 35.4 Å². The topological polar surface area (TPSA) is 53.8 Å². The van der Waals surface area contributed by atoms with Crippen LogP contribution in [0.15, 0.2) is 77.4 Å². The van der Waals surface area contributed by atoms with Gasteiger partial charge in [-0.3, -0.25) is 9.59 Å². The molecule has 0 aliphatic heterocycles. The van der Waals surface area contributed by atoms with Crippen molar-refractivity contribution in [3.8, 4) is 0 Å². The highest BCUT2D eigenvalue weighted by atomic mass is 35.5. The number of halogens is 3. The fraction of sp³-hybridized carbons (Fsp3) is 0.185. The summed E-state index contributed by atoms with van der Waals surface area (Å²) in [4.78, 5) is 32.3. The highest BCUT2D eigenvalue weighted by molar-refractivity contribution is 7.11. The number of hydrogen-bond donors (Lipinski definition) is 0. The van der Waals surface area contributed by atoms with E-state index in [0.29, 0.717) is 17.3 Å². The van der Waals surface area contributed by atoms with Gasteiger partial charge in [0.25, 0.3) is 5.91 Å². The summed E-state index contributed by atoms with van der Waals surface area (Å²) in [7, 11) is 0. The Morgan fingerprint density at radius 3 is 2.36 bits per heavy atom. The third-order valence-electron chi connectivity index (χ3n) is 5.48. The Kier molecular flexibility index (Phi) is 8.46. The Bertz CT molecular complexity index is 1340. The maximum atomic E-state index is 13.6. The van der Waals surface area contributed by atoms with Crippen molar-refractivity contribution < 1.29 is 18.4 Å². The first-order valence-corrected chi connectivity index (χ1v) is 12.7. The summed E-state index contributed by atoms with van der Waals surface area (Å²) < 4.78 is 18.9. The van der Waals surface area contributed by atoms with Crippen molar-refractivity contribution in [1.82, 2.24) is 9.80 Å². The quantitative estimate of drug-likeness (QED) is 0.228. The lowest BCUT2D eigenvalue weighted by Crippen LogP contribution is -2.42. The maximum absolute atomic E-state index is 13.6. The van der Waals surface area contributed by atoms with Crippen LogP contribution in [0.3, 0.4) is 0 Å². The standard InChI is InChI=1S/C27H23Cl2FN2O3S/c1-18-4-10-23(36-18)16-31(14-19-5-8-21(30)9-6-19)26(33)17-32(15-22-3-2-12-35-22)27(34)24-11-7-20(28)13-25(24)29/h2-13H,14-17H2,1H3. The first-order valence-electron chi connectivity index (χ1n) is 11.1. The molecule has 2 amide bonds. The molecule has 0 saturated carbocycles. The lowest BCUT2D eigenvalue weighted by atomic mass is 10.1. The fourth-order valence-electron chi connectivity index (χ4n) is 3.69. The van der Waals surface area contributed by atoms with E-state index in [1.54, 1.807) is 46.6 Å². The molecule has 0 saturated heterocycles. The molecule has 36 heavy (non-hydrogen) atoms.